The molecule has 0 bridgehead atoms. The highest BCUT2D eigenvalue weighted by molar-refractivity contribution is 7.98. The second kappa shape index (κ2) is 6.80. The van der Waals surface area contributed by atoms with E-state index < -0.39 is 0 Å². The summed E-state index contributed by atoms with van der Waals surface area (Å²) in [6, 6.07) is 5.17. The molecule has 0 fully saturated rings. The van der Waals surface area contributed by atoms with Crippen LogP contribution in [0.5, 0.6) is 0 Å². The van der Waals surface area contributed by atoms with Crippen LogP contribution in [0.3, 0.4) is 0 Å². The Bertz CT molecular complexity index is 568. The van der Waals surface area contributed by atoms with E-state index in [1.54, 1.807) is 12.1 Å². The lowest BCUT2D eigenvalue weighted by Crippen LogP contribution is -2.16. The first kappa shape index (κ1) is 15.6. The first-order valence-corrected chi connectivity index (χ1v) is 7.88. The van der Waals surface area contributed by atoms with E-state index in [4.69, 9.17) is 33.4 Å². The van der Waals surface area contributed by atoms with Crippen LogP contribution in [0.2, 0.25) is 10.0 Å². The van der Waals surface area contributed by atoms with Gasteiger partial charge in [0.15, 0.2) is 0 Å². The number of nitrogens with zero attached hydrogens (tertiary/aromatic N) is 2. The fourth-order valence-corrected chi connectivity index (χ4v) is 3.01. The predicted octanol–water partition coefficient (Wildman–Crippen LogP) is 4.32. The molecule has 0 radical (unpaired) electrons. The number of nitrogens with two attached hydrogens (primary N) is 1. The molecule has 2 rings (SSSR count). The molecule has 0 aliphatic carbocycles. The molecule has 0 amide bonds. The van der Waals surface area contributed by atoms with Gasteiger partial charge in [0, 0.05) is 15.8 Å². The van der Waals surface area contributed by atoms with Gasteiger partial charge in [-0.25, -0.2) is 0 Å². The second-order valence-corrected chi connectivity index (χ2v) is 6.41. The standard InChI is InChI=1S/C13H15Cl2N3OS/c1-7(2)11(16)12-17-18-13(19-12)20-6-8-9(14)4-3-5-10(8)15/h3-5,7,11H,6,16H2,1-2H3/t11-/m1/s1. The first-order chi connectivity index (χ1) is 9.49. The predicted molar refractivity (Wildman–Crippen MR) is 82.1 cm³/mol. The normalized spacial score (nSPS) is 12.9. The molecule has 2 aromatic rings. The fraction of sp³-hybridized carbons (Fsp3) is 0.385. The summed E-state index contributed by atoms with van der Waals surface area (Å²) < 4.78 is 5.54. The summed E-state index contributed by atoms with van der Waals surface area (Å²) in [6.07, 6.45) is 0. The fourth-order valence-electron chi connectivity index (χ4n) is 1.50. The van der Waals surface area contributed by atoms with Gasteiger partial charge >= 0.3 is 0 Å². The van der Waals surface area contributed by atoms with Gasteiger partial charge in [0.25, 0.3) is 5.22 Å². The monoisotopic (exact) mass is 331 g/mol. The van der Waals surface area contributed by atoms with Gasteiger partial charge < -0.3 is 10.2 Å². The summed E-state index contributed by atoms with van der Waals surface area (Å²) in [6.45, 7) is 4.01. The molecular weight excluding hydrogens is 317 g/mol. The Morgan fingerprint density at radius 2 is 1.90 bits per heavy atom. The molecule has 0 saturated carbocycles. The molecule has 0 aliphatic heterocycles. The van der Waals surface area contributed by atoms with E-state index in [-0.39, 0.29) is 12.0 Å². The smallest absolute Gasteiger partial charge is 0.276 e. The van der Waals surface area contributed by atoms with Crippen molar-refractivity contribution in [1.82, 2.24) is 10.2 Å². The lowest BCUT2D eigenvalue weighted by molar-refractivity contribution is 0.349. The highest BCUT2D eigenvalue weighted by Crippen LogP contribution is 2.31. The Morgan fingerprint density at radius 1 is 1.25 bits per heavy atom. The van der Waals surface area contributed by atoms with Crippen molar-refractivity contribution in [1.29, 1.82) is 0 Å². The maximum absolute atomic E-state index is 6.11. The molecule has 1 heterocycles. The van der Waals surface area contributed by atoms with E-state index in [1.165, 1.54) is 11.8 Å². The van der Waals surface area contributed by atoms with E-state index >= 15 is 0 Å². The van der Waals surface area contributed by atoms with Gasteiger partial charge in [-0.2, -0.15) is 0 Å². The van der Waals surface area contributed by atoms with Gasteiger partial charge in [-0.15, -0.1) is 10.2 Å². The van der Waals surface area contributed by atoms with Crippen LogP contribution < -0.4 is 5.73 Å². The SMILES string of the molecule is CC(C)[C@@H](N)c1nnc(SCc2c(Cl)cccc2Cl)o1. The first-order valence-electron chi connectivity index (χ1n) is 6.13. The Kier molecular flexibility index (Phi) is 5.32. The molecular formula is C13H15Cl2N3OS. The topological polar surface area (TPSA) is 64.9 Å². The summed E-state index contributed by atoms with van der Waals surface area (Å²) in [5.74, 6) is 1.26. The highest BCUT2D eigenvalue weighted by atomic mass is 35.5. The van der Waals surface area contributed by atoms with Gasteiger partial charge in [0.05, 0.1) is 6.04 Å². The zero-order chi connectivity index (χ0) is 14.7. The van der Waals surface area contributed by atoms with Crippen molar-refractivity contribution >= 4 is 35.0 Å². The minimum atomic E-state index is -0.249. The van der Waals surface area contributed by atoms with Crippen LogP contribution in [0, 0.1) is 5.92 Å². The quantitative estimate of drug-likeness (QED) is 0.826. The van der Waals surface area contributed by atoms with E-state index in [9.17, 15) is 0 Å². The number of rotatable bonds is 5. The third-order valence-corrected chi connectivity index (χ3v) is 4.38. The number of hydrogen-bond acceptors (Lipinski definition) is 5. The van der Waals surface area contributed by atoms with Crippen molar-refractivity contribution in [3.63, 3.8) is 0 Å². The average Bonchev–Trinajstić information content (AvgIpc) is 2.86. The Balaban J connectivity index is 2.05. The molecule has 2 N–H and O–H groups in total. The Morgan fingerprint density at radius 3 is 2.50 bits per heavy atom. The third kappa shape index (κ3) is 3.67. The summed E-state index contributed by atoms with van der Waals surface area (Å²) in [5.41, 5.74) is 6.81. The van der Waals surface area contributed by atoms with Crippen LogP contribution in [-0.2, 0) is 5.75 Å². The third-order valence-electron chi connectivity index (χ3n) is 2.83. The molecule has 0 saturated heterocycles. The summed E-state index contributed by atoms with van der Waals surface area (Å²) in [7, 11) is 0. The zero-order valence-electron chi connectivity index (χ0n) is 11.1. The van der Waals surface area contributed by atoms with Gasteiger partial charge in [-0.1, -0.05) is 54.9 Å². The van der Waals surface area contributed by atoms with Crippen molar-refractivity contribution in [3.05, 3.63) is 39.7 Å². The van der Waals surface area contributed by atoms with Crippen molar-refractivity contribution in [2.24, 2.45) is 11.7 Å². The summed E-state index contributed by atoms with van der Waals surface area (Å²) >= 11 is 13.6. The zero-order valence-corrected chi connectivity index (χ0v) is 13.5. The lowest BCUT2D eigenvalue weighted by atomic mass is 10.1. The largest absolute Gasteiger partial charge is 0.414 e. The van der Waals surface area contributed by atoms with Crippen LogP contribution >= 0.6 is 35.0 Å². The van der Waals surface area contributed by atoms with E-state index in [0.29, 0.717) is 26.9 Å². The van der Waals surface area contributed by atoms with Crippen LogP contribution in [-0.4, -0.2) is 10.2 Å². The average molecular weight is 332 g/mol. The van der Waals surface area contributed by atoms with Crippen LogP contribution in [0.1, 0.15) is 31.3 Å². The van der Waals surface area contributed by atoms with Gasteiger partial charge in [0.2, 0.25) is 5.89 Å². The van der Waals surface area contributed by atoms with Gasteiger partial charge in [-0.05, 0) is 23.6 Å². The van der Waals surface area contributed by atoms with E-state index in [0.717, 1.165) is 5.56 Å². The molecule has 0 aliphatic rings. The van der Waals surface area contributed by atoms with E-state index in [1.807, 2.05) is 19.9 Å². The second-order valence-electron chi connectivity index (χ2n) is 4.66. The Labute approximate surface area is 132 Å². The summed E-state index contributed by atoms with van der Waals surface area (Å²) in [5, 5.41) is 9.66. The lowest BCUT2D eigenvalue weighted by Gasteiger charge is -2.09. The van der Waals surface area contributed by atoms with Crippen LogP contribution in [0.15, 0.2) is 27.8 Å². The van der Waals surface area contributed by atoms with Gasteiger partial charge in [0.1, 0.15) is 0 Å². The minimum absolute atomic E-state index is 0.242. The Hall–Kier alpha value is -0.750. The number of thioether (sulfide) groups is 1. The molecule has 20 heavy (non-hydrogen) atoms. The molecule has 1 aromatic heterocycles. The number of benzene rings is 1. The highest BCUT2D eigenvalue weighted by Gasteiger charge is 2.18. The maximum Gasteiger partial charge on any atom is 0.276 e. The molecule has 0 spiro atoms. The van der Waals surface area contributed by atoms with Gasteiger partial charge in [-0.3, -0.25) is 0 Å². The molecule has 7 heteroatoms. The van der Waals surface area contributed by atoms with Crippen molar-refractivity contribution in [3.8, 4) is 0 Å². The molecule has 4 nitrogen and oxygen atoms in total. The van der Waals surface area contributed by atoms with Crippen LogP contribution in [0.25, 0.3) is 0 Å². The van der Waals surface area contributed by atoms with Crippen LogP contribution in [0.4, 0.5) is 0 Å². The molecule has 1 atom stereocenters. The summed E-state index contributed by atoms with van der Waals surface area (Å²) in [4.78, 5) is 0. The maximum atomic E-state index is 6.11. The number of halogens is 2. The van der Waals surface area contributed by atoms with Crippen molar-refractivity contribution in [2.75, 3.05) is 0 Å². The van der Waals surface area contributed by atoms with Crippen molar-refractivity contribution < 1.29 is 4.42 Å². The molecule has 0 unspecified atom stereocenters. The minimum Gasteiger partial charge on any atom is -0.414 e. The van der Waals surface area contributed by atoms with E-state index in [2.05, 4.69) is 10.2 Å². The molecule has 108 valence electrons. The number of hydrogen-bond donors (Lipinski definition) is 1. The molecule has 1 aromatic carbocycles. The number of aromatic nitrogens is 2. The van der Waals surface area contributed by atoms with Crippen molar-refractivity contribution in [2.45, 2.75) is 30.9 Å².